The summed E-state index contributed by atoms with van der Waals surface area (Å²) < 4.78 is 18.6. The first-order chi connectivity index (χ1) is 12.5. The second kappa shape index (κ2) is 7.74. The van der Waals surface area contributed by atoms with Crippen molar-refractivity contribution in [1.29, 1.82) is 0 Å². The Labute approximate surface area is 152 Å². The van der Waals surface area contributed by atoms with Crippen molar-refractivity contribution in [3.05, 3.63) is 35.6 Å². The monoisotopic (exact) mass is 363 g/mol. The minimum absolute atomic E-state index is 0.105. The number of ether oxygens (including phenoxy) is 1. The van der Waals surface area contributed by atoms with E-state index in [0.29, 0.717) is 38.9 Å². The molecule has 6 heteroatoms. The van der Waals surface area contributed by atoms with Crippen molar-refractivity contribution in [2.75, 3.05) is 19.8 Å². The van der Waals surface area contributed by atoms with Crippen molar-refractivity contribution >= 4 is 11.9 Å². The molecule has 0 bridgehead atoms. The van der Waals surface area contributed by atoms with Crippen LogP contribution in [0.1, 0.15) is 50.5 Å². The fraction of sp³-hybridized carbons (Fsp3) is 0.600. The predicted molar refractivity (Wildman–Crippen MR) is 94.3 cm³/mol. The van der Waals surface area contributed by atoms with E-state index in [1.807, 2.05) is 0 Å². The molecule has 0 radical (unpaired) electrons. The summed E-state index contributed by atoms with van der Waals surface area (Å²) in [4.78, 5) is 25.0. The van der Waals surface area contributed by atoms with Crippen molar-refractivity contribution in [3.63, 3.8) is 0 Å². The van der Waals surface area contributed by atoms with Gasteiger partial charge < -0.3 is 15.2 Å². The maximum atomic E-state index is 13.3. The average Bonchev–Trinajstić information content (AvgIpc) is 2.67. The molecular formula is C20H26FNO4. The highest BCUT2D eigenvalue weighted by Crippen LogP contribution is 2.40. The van der Waals surface area contributed by atoms with Crippen LogP contribution >= 0.6 is 0 Å². The van der Waals surface area contributed by atoms with Gasteiger partial charge in [-0.3, -0.25) is 9.59 Å². The van der Waals surface area contributed by atoms with Crippen LogP contribution in [-0.2, 0) is 19.7 Å². The van der Waals surface area contributed by atoms with E-state index in [2.05, 4.69) is 5.32 Å². The minimum atomic E-state index is -0.966. The second-order valence-corrected chi connectivity index (χ2v) is 7.53. The standard InChI is InChI=1S/C20H26FNO4/c21-16-6-4-15(5-7-16)20(8-2-1-3-9-20)17(23)22-14-19(18(24)25)10-12-26-13-11-19/h4-7H,1-3,8-14H2,(H,22,23)(H,24,25). The highest BCUT2D eigenvalue weighted by Gasteiger charge is 2.44. The van der Waals surface area contributed by atoms with Gasteiger partial charge in [0.1, 0.15) is 5.82 Å². The number of carboxylic acids is 1. The van der Waals surface area contributed by atoms with Gasteiger partial charge in [-0.15, -0.1) is 0 Å². The molecule has 2 N–H and O–H groups in total. The molecule has 3 rings (SSSR count). The zero-order valence-electron chi connectivity index (χ0n) is 14.9. The average molecular weight is 363 g/mol. The van der Waals surface area contributed by atoms with Crippen LogP contribution in [0.4, 0.5) is 4.39 Å². The van der Waals surface area contributed by atoms with Crippen LogP contribution in [-0.4, -0.2) is 36.7 Å². The lowest BCUT2D eigenvalue weighted by molar-refractivity contribution is -0.155. The number of halogens is 1. The summed E-state index contributed by atoms with van der Waals surface area (Å²) in [5.41, 5.74) is -0.851. The SMILES string of the molecule is O=C(O)C1(CNC(=O)C2(c3ccc(F)cc3)CCCCC2)CCOCC1. The second-order valence-electron chi connectivity index (χ2n) is 7.53. The first-order valence-electron chi connectivity index (χ1n) is 9.34. The largest absolute Gasteiger partial charge is 0.481 e. The molecule has 0 spiro atoms. The molecule has 1 aliphatic heterocycles. The number of hydrogen-bond donors (Lipinski definition) is 2. The number of aliphatic carboxylic acids is 1. The summed E-state index contributed by atoms with van der Waals surface area (Å²) in [5.74, 6) is -1.36. The lowest BCUT2D eigenvalue weighted by Gasteiger charge is -2.38. The third-order valence-electron chi connectivity index (χ3n) is 6.03. The van der Waals surface area contributed by atoms with Crippen LogP contribution in [0.25, 0.3) is 0 Å². The Balaban J connectivity index is 1.79. The Hall–Kier alpha value is -1.95. The van der Waals surface area contributed by atoms with Crippen molar-refractivity contribution in [3.8, 4) is 0 Å². The van der Waals surface area contributed by atoms with Crippen LogP contribution in [0, 0.1) is 11.2 Å². The number of benzene rings is 1. The molecule has 1 aromatic carbocycles. The van der Waals surface area contributed by atoms with E-state index in [0.717, 1.165) is 24.8 Å². The zero-order valence-corrected chi connectivity index (χ0v) is 14.9. The summed E-state index contributed by atoms with van der Waals surface area (Å²) in [6.07, 6.45) is 5.14. The molecular weight excluding hydrogens is 337 g/mol. The number of rotatable bonds is 5. The van der Waals surface area contributed by atoms with Crippen molar-refractivity contribution < 1.29 is 23.8 Å². The Morgan fingerprint density at radius 3 is 2.23 bits per heavy atom. The maximum Gasteiger partial charge on any atom is 0.311 e. The summed E-state index contributed by atoms with van der Waals surface area (Å²) in [5, 5.41) is 12.6. The van der Waals surface area contributed by atoms with E-state index in [9.17, 15) is 19.1 Å². The first kappa shape index (κ1) is 18.8. The van der Waals surface area contributed by atoms with Gasteiger partial charge in [-0.05, 0) is 43.4 Å². The van der Waals surface area contributed by atoms with Gasteiger partial charge in [0.05, 0.1) is 10.8 Å². The molecule has 1 saturated heterocycles. The highest BCUT2D eigenvalue weighted by molar-refractivity contribution is 5.89. The smallest absolute Gasteiger partial charge is 0.311 e. The van der Waals surface area contributed by atoms with Crippen LogP contribution in [0.15, 0.2) is 24.3 Å². The summed E-state index contributed by atoms with van der Waals surface area (Å²) in [6, 6.07) is 6.13. The van der Waals surface area contributed by atoms with Crippen LogP contribution < -0.4 is 5.32 Å². The molecule has 142 valence electrons. The highest BCUT2D eigenvalue weighted by atomic mass is 19.1. The quantitative estimate of drug-likeness (QED) is 0.843. The van der Waals surface area contributed by atoms with E-state index in [1.54, 1.807) is 12.1 Å². The molecule has 1 heterocycles. The van der Waals surface area contributed by atoms with Crippen molar-refractivity contribution in [2.45, 2.75) is 50.4 Å². The van der Waals surface area contributed by atoms with Gasteiger partial charge in [-0.25, -0.2) is 4.39 Å². The molecule has 1 amide bonds. The molecule has 5 nitrogen and oxygen atoms in total. The molecule has 2 fully saturated rings. The van der Waals surface area contributed by atoms with Gasteiger partial charge in [-0.1, -0.05) is 31.4 Å². The van der Waals surface area contributed by atoms with Gasteiger partial charge in [0.25, 0.3) is 0 Å². The number of nitrogens with one attached hydrogen (secondary N) is 1. The third-order valence-corrected chi connectivity index (χ3v) is 6.03. The lowest BCUT2D eigenvalue weighted by Crippen LogP contribution is -2.52. The summed E-state index contributed by atoms with van der Waals surface area (Å²) >= 11 is 0. The van der Waals surface area contributed by atoms with Crippen molar-refractivity contribution in [2.24, 2.45) is 5.41 Å². The molecule has 0 aromatic heterocycles. The molecule has 1 saturated carbocycles. The van der Waals surface area contributed by atoms with E-state index in [1.165, 1.54) is 12.1 Å². The molecule has 2 aliphatic rings. The normalized spacial score (nSPS) is 21.7. The van der Waals surface area contributed by atoms with Crippen LogP contribution in [0.3, 0.4) is 0 Å². The van der Waals surface area contributed by atoms with Gasteiger partial charge in [0.2, 0.25) is 5.91 Å². The van der Waals surface area contributed by atoms with E-state index >= 15 is 0 Å². The van der Waals surface area contributed by atoms with E-state index in [-0.39, 0.29) is 18.3 Å². The number of carbonyl (C=O) groups is 2. The van der Waals surface area contributed by atoms with Crippen LogP contribution in [0.2, 0.25) is 0 Å². The van der Waals surface area contributed by atoms with E-state index in [4.69, 9.17) is 4.74 Å². The van der Waals surface area contributed by atoms with Gasteiger partial charge >= 0.3 is 5.97 Å². The Morgan fingerprint density at radius 1 is 1.04 bits per heavy atom. The number of amides is 1. The van der Waals surface area contributed by atoms with Gasteiger partial charge in [0, 0.05) is 19.8 Å². The first-order valence-corrected chi connectivity index (χ1v) is 9.34. The number of carboxylic acid groups (broad SMARTS) is 1. The van der Waals surface area contributed by atoms with Gasteiger partial charge in [0.15, 0.2) is 0 Å². The lowest BCUT2D eigenvalue weighted by atomic mass is 9.68. The van der Waals surface area contributed by atoms with E-state index < -0.39 is 16.8 Å². The predicted octanol–water partition coefficient (Wildman–Crippen LogP) is 3.03. The van der Waals surface area contributed by atoms with Crippen molar-refractivity contribution in [1.82, 2.24) is 5.32 Å². The Morgan fingerprint density at radius 2 is 1.65 bits per heavy atom. The van der Waals surface area contributed by atoms with Gasteiger partial charge in [-0.2, -0.15) is 0 Å². The Bertz CT molecular complexity index is 646. The maximum absolute atomic E-state index is 13.3. The molecule has 0 unspecified atom stereocenters. The summed E-state index contributed by atoms with van der Waals surface area (Å²) in [7, 11) is 0. The number of carbonyl (C=O) groups excluding carboxylic acids is 1. The third kappa shape index (κ3) is 3.61. The fourth-order valence-electron chi connectivity index (χ4n) is 4.22. The number of hydrogen-bond acceptors (Lipinski definition) is 3. The fourth-order valence-corrected chi connectivity index (χ4v) is 4.22. The molecule has 1 aromatic rings. The van der Waals surface area contributed by atoms with Crippen LogP contribution in [0.5, 0.6) is 0 Å². The molecule has 1 aliphatic carbocycles. The molecule has 0 atom stereocenters. The summed E-state index contributed by atoms with van der Waals surface area (Å²) in [6.45, 7) is 0.893. The Kier molecular flexibility index (Phi) is 5.61. The topological polar surface area (TPSA) is 75.6 Å². The minimum Gasteiger partial charge on any atom is -0.481 e. The molecule has 26 heavy (non-hydrogen) atoms. The zero-order chi connectivity index (χ0) is 18.6.